The Morgan fingerprint density at radius 2 is 2.05 bits per heavy atom. The summed E-state index contributed by atoms with van der Waals surface area (Å²) in [6.07, 6.45) is 1.32. The zero-order chi connectivity index (χ0) is 15.8. The minimum Gasteiger partial charge on any atom is -0.481 e. The fourth-order valence-corrected chi connectivity index (χ4v) is 2.83. The maximum Gasteiger partial charge on any atom is 0.315 e. The highest BCUT2D eigenvalue weighted by Crippen LogP contribution is 2.11. The van der Waals surface area contributed by atoms with E-state index in [2.05, 4.69) is 16.0 Å². The molecule has 0 aliphatic heterocycles. The molecule has 2 atom stereocenters. The molecule has 2 unspecified atom stereocenters. The van der Waals surface area contributed by atoms with Gasteiger partial charge in [-0.15, -0.1) is 0 Å². The number of urea groups is 1. The molecule has 0 saturated heterocycles. The summed E-state index contributed by atoms with van der Waals surface area (Å²) in [6.45, 7) is 6.03. The van der Waals surface area contributed by atoms with E-state index in [4.69, 9.17) is 5.11 Å². The van der Waals surface area contributed by atoms with Crippen LogP contribution >= 0.6 is 11.3 Å². The fourth-order valence-electron chi connectivity index (χ4n) is 2.14. The Balaban J connectivity index is 2.33. The molecule has 1 heterocycles. The summed E-state index contributed by atoms with van der Waals surface area (Å²) < 4.78 is 0. The van der Waals surface area contributed by atoms with Crippen molar-refractivity contribution >= 4 is 23.3 Å². The van der Waals surface area contributed by atoms with Crippen molar-refractivity contribution in [2.45, 2.75) is 39.7 Å². The second-order valence-electron chi connectivity index (χ2n) is 5.76. The second-order valence-corrected chi connectivity index (χ2v) is 6.54. The summed E-state index contributed by atoms with van der Waals surface area (Å²) in [4.78, 5) is 22.9. The first kappa shape index (κ1) is 17.5. The molecular weight excluding hydrogens is 288 g/mol. The Bertz CT molecular complexity index is 446. The molecule has 0 saturated carbocycles. The van der Waals surface area contributed by atoms with Crippen LogP contribution in [0.25, 0.3) is 0 Å². The number of carboxylic acid groups (broad SMARTS) is 1. The van der Waals surface area contributed by atoms with E-state index in [1.165, 1.54) is 5.56 Å². The Morgan fingerprint density at radius 3 is 2.57 bits per heavy atom. The average Bonchev–Trinajstić information content (AvgIpc) is 2.86. The van der Waals surface area contributed by atoms with E-state index in [-0.39, 0.29) is 24.5 Å². The van der Waals surface area contributed by atoms with Crippen LogP contribution in [-0.2, 0) is 11.2 Å². The van der Waals surface area contributed by atoms with E-state index >= 15 is 0 Å². The van der Waals surface area contributed by atoms with Gasteiger partial charge in [0.05, 0.1) is 5.92 Å². The molecule has 1 rings (SSSR count). The highest BCUT2D eigenvalue weighted by atomic mass is 32.1. The third-order valence-corrected chi connectivity index (χ3v) is 3.85. The Hall–Kier alpha value is -1.56. The van der Waals surface area contributed by atoms with Gasteiger partial charge in [-0.05, 0) is 48.1 Å². The smallest absolute Gasteiger partial charge is 0.315 e. The van der Waals surface area contributed by atoms with Crippen molar-refractivity contribution in [1.82, 2.24) is 10.6 Å². The summed E-state index contributed by atoms with van der Waals surface area (Å²) in [5.41, 5.74) is 1.19. The van der Waals surface area contributed by atoms with E-state index < -0.39 is 11.9 Å². The van der Waals surface area contributed by atoms with Crippen molar-refractivity contribution in [3.8, 4) is 0 Å². The number of carbonyl (C=O) groups is 2. The van der Waals surface area contributed by atoms with Gasteiger partial charge in [0.1, 0.15) is 0 Å². The van der Waals surface area contributed by atoms with E-state index in [0.29, 0.717) is 6.42 Å². The van der Waals surface area contributed by atoms with Crippen molar-refractivity contribution in [3.63, 3.8) is 0 Å². The van der Waals surface area contributed by atoms with Gasteiger partial charge in [0.2, 0.25) is 0 Å². The molecule has 1 aromatic rings. The first-order valence-corrected chi connectivity index (χ1v) is 8.11. The van der Waals surface area contributed by atoms with Crippen LogP contribution in [0, 0.1) is 11.8 Å². The van der Waals surface area contributed by atoms with E-state index in [1.807, 2.05) is 32.2 Å². The van der Waals surface area contributed by atoms with E-state index in [0.717, 1.165) is 6.42 Å². The first-order valence-electron chi connectivity index (χ1n) is 7.16. The molecule has 3 N–H and O–H groups in total. The van der Waals surface area contributed by atoms with Crippen LogP contribution in [0.3, 0.4) is 0 Å². The molecule has 0 radical (unpaired) electrons. The third-order valence-electron chi connectivity index (χ3n) is 3.11. The van der Waals surface area contributed by atoms with Crippen molar-refractivity contribution in [2.24, 2.45) is 11.8 Å². The molecule has 0 bridgehead atoms. The lowest BCUT2D eigenvalue weighted by Crippen LogP contribution is -2.44. The third kappa shape index (κ3) is 7.13. The van der Waals surface area contributed by atoms with Crippen molar-refractivity contribution < 1.29 is 14.7 Å². The topological polar surface area (TPSA) is 78.4 Å². The van der Waals surface area contributed by atoms with Crippen LogP contribution in [-0.4, -0.2) is 29.7 Å². The first-order chi connectivity index (χ1) is 9.88. The fraction of sp³-hybridized carbons (Fsp3) is 0.600. The quantitative estimate of drug-likeness (QED) is 0.690. The van der Waals surface area contributed by atoms with Gasteiger partial charge in [-0.25, -0.2) is 4.79 Å². The van der Waals surface area contributed by atoms with Gasteiger partial charge >= 0.3 is 12.0 Å². The number of thiophene rings is 1. The molecular formula is C15H24N2O3S. The average molecular weight is 312 g/mol. The molecule has 6 heteroatoms. The highest BCUT2D eigenvalue weighted by molar-refractivity contribution is 7.07. The maximum atomic E-state index is 11.8. The number of hydrogen-bond acceptors (Lipinski definition) is 3. The molecule has 1 aromatic heterocycles. The lowest BCUT2D eigenvalue weighted by Gasteiger charge is -2.18. The van der Waals surface area contributed by atoms with Gasteiger partial charge in [-0.3, -0.25) is 4.79 Å². The number of aliphatic carboxylic acids is 1. The van der Waals surface area contributed by atoms with Gasteiger partial charge < -0.3 is 15.7 Å². The number of carbonyl (C=O) groups excluding carboxylic acids is 1. The zero-order valence-corrected chi connectivity index (χ0v) is 13.6. The van der Waals surface area contributed by atoms with E-state index in [9.17, 15) is 9.59 Å². The molecule has 118 valence electrons. The largest absolute Gasteiger partial charge is 0.481 e. The van der Waals surface area contributed by atoms with Crippen LogP contribution in [0.4, 0.5) is 4.79 Å². The summed E-state index contributed by atoms with van der Waals surface area (Å²) in [5, 5.41) is 18.7. The molecule has 0 spiro atoms. The molecule has 2 amide bonds. The normalized spacial score (nSPS) is 13.7. The molecule has 5 nitrogen and oxygen atoms in total. The van der Waals surface area contributed by atoms with Crippen LogP contribution in [0.5, 0.6) is 0 Å². The Labute approximate surface area is 129 Å². The molecule has 0 aliphatic carbocycles. The minimum atomic E-state index is -0.865. The van der Waals surface area contributed by atoms with Gasteiger partial charge in [-0.1, -0.05) is 13.8 Å². The Kier molecular flexibility index (Phi) is 7.22. The van der Waals surface area contributed by atoms with E-state index in [1.54, 1.807) is 11.3 Å². The van der Waals surface area contributed by atoms with Crippen molar-refractivity contribution in [1.29, 1.82) is 0 Å². The molecule has 0 aromatic carbocycles. The molecule has 0 fully saturated rings. The zero-order valence-electron chi connectivity index (χ0n) is 12.8. The van der Waals surface area contributed by atoms with Gasteiger partial charge in [0, 0.05) is 12.6 Å². The maximum absolute atomic E-state index is 11.8. The van der Waals surface area contributed by atoms with Crippen LogP contribution < -0.4 is 10.6 Å². The number of amides is 2. The molecule has 21 heavy (non-hydrogen) atoms. The number of nitrogens with one attached hydrogen (secondary N) is 2. The predicted molar refractivity (Wildman–Crippen MR) is 84.6 cm³/mol. The summed E-state index contributed by atoms with van der Waals surface area (Å²) >= 11 is 1.63. The van der Waals surface area contributed by atoms with Crippen LogP contribution in [0.2, 0.25) is 0 Å². The number of rotatable bonds is 8. The van der Waals surface area contributed by atoms with Crippen molar-refractivity contribution in [2.75, 3.05) is 6.54 Å². The van der Waals surface area contributed by atoms with Crippen LogP contribution in [0.1, 0.15) is 32.8 Å². The Morgan fingerprint density at radius 1 is 1.33 bits per heavy atom. The summed E-state index contributed by atoms with van der Waals surface area (Å²) in [5.74, 6) is -1.12. The van der Waals surface area contributed by atoms with Gasteiger partial charge in [-0.2, -0.15) is 11.3 Å². The monoisotopic (exact) mass is 312 g/mol. The standard InChI is InChI=1S/C15H24N2O3S/c1-10(2)6-13(14(18)19)8-16-15(20)17-11(3)7-12-4-5-21-9-12/h4-5,9-11,13H,6-8H2,1-3H3,(H,18,19)(H2,16,17,20). The lowest BCUT2D eigenvalue weighted by molar-refractivity contribution is -0.142. The summed E-state index contributed by atoms with van der Waals surface area (Å²) in [6, 6.07) is 1.73. The number of carboxylic acids is 1. The predicted octanol–water partition coefficient (Wildman–Crippen LogP) is 2.73. The van der Waals surface area contributed by atoms with Crippen molar-refractivity contribution in [3.05, 3.63) is 22.4 Å². The number of hydrogen-bond donors (Lipinski definition) is 3. The van der Waals surface area contributed by atoms with Crippen LogP contribution in [0.15, 0.2) is 16.8 Å². The van der Waals surface area contributed by atoms with Gasteiger partial charge in [0.25, 0.3) is 0 Å². The SMILES string of the molecule is CC(C)CC(CNC(=O)NC(C)Cc1ccsc1)C(=O)O. The second kappa shape index (κ2) is 8.67. The molecule has 0 aliphatic rings. The van der Waals surface area contributed by atoms with Gasteiger partial charge in [0.15, 0.2) is 0 Å². The summed E-state index contributed by atoms with van der Waals surface area (Å²) in [7, 11) is 0. The lowest BCUT2D eigenvalue weighted by atomic mass is 9.97. The highest BCUT2D eigenvalue weighted by Gasteiger charge is 2.20. The minimum absolute atomic E-state index is 0.00739.